The summed E-state index contributed by atoms with van der Waals surface area (Å²) in [6, 6.07) is -1.13. The molecule has 13 heteroatoms. The highest BCUT2D eigenvalue weighted by Gasteiger charge is 2.53. The third kappa shape index (κ3) is 13.8. The van der Waals surface area contributed by atoms with Crippen molar-refractivity contribution in [1.82, 2.24) is 4.90 Å². The number of allylic oxidation sites excluding steroid dienone is 6. The first-order chi connectivity index (χ1) is 29.7. The van der Waals surface area contributed by atoms with Gasteiger partial charge in [0.15, 0.2) is 5.78 Å². The van der Waals surface area contributed by atoms with Gasteiger partial charge in [0, 0.05) is 44.2 Å². The van der Waals surface area contributed by atoms with Crippen LogP contribution >= 0.6 is 0 Å². The Morgan fingerprint density at radius 1 is 0.857 bits per heavy atom. The zero-order chi connectivity index (χ0) is 46.8. The first-order valence-corrected chi connectivity index (χ1v) is 23.5. The number of amides is 1. The largest absolute Gasteiger partial charge is 0.460 e. The second-order valence-corrected chi connectivity index (χ2v) is 19.6. The van der Waals surface area contributed by atoms with Crippen molar-refractivity contribution >= 4 is 29.2 Å². The molecule has 3 aliphatic heterocycles. The molecule has 2 saturated heterocycles. The van der Waals surface area contributed by atoms with Crippen LogP contribution in [0, 0.1) is 41.4 Å². The number of fused-ring (bicyclic) bond motifs is 3. The normalized spacial score (nSPS) is 41.3. The maximum Gasteiger partial charge on any atom is 0.329 e. The number of hydrogen-bond donors (Lipinski definition) is 4. The molecule has 1 amide bonds. The minimum Gasteiger partial charge on any atom is -0.460 e. The lowest BCUT2D eigenvalue weighted by molar-refractivity contribution is -0.265. The van der Waals surface area contributed by atoms with Crippen LogP contribution in [0.3, 0.4) is 0 Å². The van der Waals surface area contributed by atoms with E-state index in [0.29, 0.717) is 51.4 Å². The molecule has 4 N–H and O–H groups in total. The average Bonchev–Trinajstić information content (AvgIpc) is 3.25. The SMILES string of the molecule is COC1CC2CCC(C)C(O)(O2)C(=O)C(=O)N2CCCCC2C(=O)OC(C(C)CC2CCC(O)C(C)C2)CC(=O)C(C)/C=C(\C)C(O)C(O)C(=O)C(C)CC(C)\C=C/C=C/C=C/1C. The van der Waals surface area contributed by atoms with Crippen LogP contribution < -0.4 is 0 Å². The number of carbonyl (C=O) groups is 5. The molecule has 0 aromatic rings. The molecule has 15 atom stereocenters. The third-order valence-electron chi connectivity index (χ3n) is 14.3. The zero-order valence-corrected chi connectivity index (χ0v) is 39.2. The fourth-order valence-corrected chi connectivity index (χ4v) is 9.94. The van der Waals surface area contributed by atoms with Crippen molar-refractivity contribution in [3.05, 3.63) is 47.6 Å². The smallest absolute Gasteiger partial charge is 0.329 e. The van der Waals surface area contributed by atoms with Gasteiger partial charge in [-0.1, -0.05) is 78.0 Å². The molecule has 354 valence electrons. The van der Waals surface area contributed by atoms with Gasteiger partial charge in [-0.2, -0.15) is 0 Å². The summed E-state index contributed by atoms with van der Waals surface area (Å²) < 4.78 is 18.2. The Morgan fingerprint density at radius 2 is 1.57 bits per heavy atom. The van der Waals surface area contributed by atoms with E-state index in [1.807, 2.05) is 58.1 Å². The number of carbonyl (C=O) groups excluding carboxylic acids is 5. The molecule has 0 radical (unpaired) electrons. The van der Waals surface area contributed by atoms with Crippen LogP contribution in [0.25, 0.3) is 0 Å². The minimum atomic E-state index is -2.42. The molecule has 1 saturated carbocycles. The van der Waals surface area contributed by atoms with Crippen molar-refractivity contribution in [2.75, 3.05) is 13.7 Å². The average molecular weight is 884 g/mol. The topological polar surface area (TPSA) is 197 Å². The first kappa shape index (κ1) is 52.3. The number of Topliss-reactive ketones (excluding diaryl/α,β-unsaturated/α-hetero) is 3. The highest BCUT2D eigenvalue weighted by atomic mass is 16.6. The summed E-state index contributed by atoms with van der Waals surface area (Å²) in [4.78, 5) is 71.1. The number of methoxy groups -OCH3 is 1. The van der Waals surface area contributed by atoms with Gasteiger partial charge in [-0.05, 0) is 113 Å². The lowest BCUT2D eigenvalue weighted by Gasteiger charge is -2.42. The number of piperidine rings is 1. The molecule has 0 spiro atoms. The molecule has 63 heavy (non-hydrogen) atoms. The maximum absolute atomic E-state index is 14.3. The van der Waals surface area contributed by atoms with Gasteiger partial charge in [-0.3, -0.25) is 19.2 Å². The lowest BCUT2D eigenvalue weighted by atomic mass is 9.75. The number of ketones is 3. The van der Waals surface area contributed by atoms with Crippen LogP contribution in [0.4, 0.5) is 0 Å². The standard InChI is InChI=1S/C50H77NO12/c1-29-15-11-10-12-16-30(2)42(61-9)27-38-20-18-36(8)50(60,63-38)47(57)48(58)51-22-14-13-17-39(51)49(59)62-43(33(5)26-37-19-21-40(52)32(4)25-37)28-41(53)31(3)24-35(7)45(55)46(56)44(54)34(6)23-29/h10-12,15-16,24,29,31-34,36-40,42-43,45-46,52,55-56,60H,13-14,17-23,25-28H2,1-9H3/b12-10+,15-11-,30-16+,35-24+. The van der Waals surface area contributed by atoms with E-state index in [0.717, 1.165) is 18.4 Å². The second kappa shape index (κ2) is 23.7. The Bertz CT molecular complexity index is 1720. The van der Waals surface area contributed by atoms with Gasteiger partial charge in [0.05, 0.1) is 18.3 Å². The van der Waals surface area contributed by atoms with Crippen molar-refractivity contribution in [2.24, 2.45) is 41.4 Å². The monoisotopic (exact) mass is 884 g/mol. The lowest BCUT2D eigenvalue weighted by Crippen LogP contribution is -2.61. The Balaban J connectivity index is 1.68. The summed E-state index contributed by atoms with van der Waals surface area (Å²) >= 11 is 0. The van der Waals surface area contributed by atoms with Crippen LogP contribution in [0.5, 0.6) is 0 Å². The Labute approximate surface area is 375 Å². The van der Waals surface area contributed by atoms with Gasteiger partial charge in [-0.25, -0.2) is 4.79 Å². The molecule has 3 heterocycles. The molecular formula is C50H77NO12. The Kier molecular flexibility index (Phi) is 19.7. The molecule has 15 unspecified atom stereocenters. The van der Waals surface area contributed by atoms with E-state index in [9.17, 15) is 44.4 Å². The fraction of sp³-hybridized carbons (Fsp3) is 0.740. The minimum absolute atomic E-state index is 0.0301. The number of ether oxygens (including phenoxy) is 3. The van der Waals surface area contributed by atoms with E-state index < -0.39 is 83.5 Å². The molecule has 1 aliphatic carbocycles. The molecule has 0 aromatic heterocycles. The molecule has 13 nitrogen and oxygen atoms in total. The number of esters is 1. The summed E-state index contributed by atoms with van der Waals surface area (Å²) in [6.07, 6.45) is 11.1. The number of rotatable bonds is 4. The second-order valence-electron chi connectivity index (χ2n) is 19.6. The molecular weight excluding hydrogens is 807 g/mol. The quantitative estimate of drug-likeness (QED) is 0.143. The van der Waals surface area contributed by atoms with Crippen LogP contribution in [0.2, 0.25) is 0 Å². The Morgan fingerprint density at radius 3 is 2.25 bits per heavy atom. The van der Waals surface area contributed by atoms with Crippen LogP contribution in [-0.2, 0) is 38.2 Å². The highest BCUT2D eigenvalue weighted by Crippen LogP contribution is 2.38. The van der Waals surface area contributed by atoms with E-state index in [2.05, 4.69) is 0 Å². The van der Waals surface area contributed by atoms with E-state index in [-0.39, 0.29) is 60.5 Å². The third-order valence-corrected chi connectivity index (χ3v) is 14.3. The summed E-state index contributed by atoms with van der Waals surface area (Å²) in [6.45, 7) is 14.5. The van der Waals surface area contributed by atoms with Crippen molar-refractivity contribution < 1.29 is 58.6 Å². The van der Waals surface area contributed by atoms with Crippen molar-refractivity contribution in [1.29, 1.82) is 0 Å². The number of hydrogen-bond acceptors (Lipinski definition) is 12. The number of aliphatic hydroxyl groups excluding tert-OH is 3. The first-order valence-electron chi connectivity index (χ1n) is 23.5. The molecule has 4 rings (SSSR count). The highest BCUT2D eigenvalue weighted by molar-refractivity contribution is 6.39. The Hall–Kier alpha value is -3.33. The van der Waals surface area contributed by atoms with Crippen LogP contribution in [0.1, 0.15) is 132 Å². The summed E-state index contributed by atoms with van der Waals surface area (Å²) in [5.41, 5.74) is 1.13. The van der Waals surface area contributed by atoms with E-state index in [1.165, 1.54) is 11.0 Å². The number of aliphatic hydroxyl groups is 4. The van der Waals surface area contributed by atoms with Gasteiger partial charge in [0.25, 0.3) is 11.7 Å². The van der Waals surface area contributed by atoms with Gasteiger partial charge in [0.2, 0.25) is 5.79 Å². The van der Waals surface area contributed by atoms with Crippen molar-refractivity contribution in [2.45, 2.75) is 181 Å². The fourth-order valence-electron chi connectivity index (χ4n) is 9.94. The van der Waals surface area contributed by atoms with E-state index in [1.54, 1.807) is 34.8 Å². The number of cyclic esters (lactones) is 1. The van der Waals surface area contributed by atoms with Crippen molar-refractivity contribution in [3.8, 4) is 0 Å². The van der Waals surface area contributed by atoms with E-state index in [4.69, 9.17) is 14.2 Å². The van der Waals surface area contributed by atoms with Gasteiger partial charge < -0.3 is 39.5 Å². The zero-order valence-electron chi connectivity index (χ0n) is 39.2. The van der Waals surface area contributed by atoms with Gasteiger partial charge in [-0.15, -0.1) is 0 Å². The van der Waals surface area contributed by atoms with Crippen LogP contribution in [-0.4, -0.2) is 117 Å². The summed E-state index contributed by atoms with van der Waals surface area (Å²) in [5, 5.41) is 44.4. The molecule has 4 aliphatic rings. The molecule has 2 bridgehead atoms. The summed E-state index contributed by atoms with van der Waals surface area (Å²) in [7, 11) is 1.57. The number of nitrogens with zero attached hydrogens (tertiary/aromatic N) is 1. The van der Waals surface area contributed by atoms with Gasteiger partial charge in [0.1, 0.15) is 30.1 Å². The molecule has 3 fully saturated rings. The summed E-state index contributed by atoms with van der Waals surface area (Å²) in [5.74, 6) is -8.19. The maximum atomic E-state index is 14.3. The van der Waals surface area contributed by atoms with Crippen molar-refractivity contribution in [3.63, 3.8) is 0 Å². The van der Waals surface area contributed by atoms with Gasteiger partial charge >= 0.3 is 5.97 Å². The van der Waals surface area contributed by atoms with Crippen LogP contribution in [0.15, 0.2) is 47.6 Å². The van der Waals surface area contributed by atoms with E-state index >= 15 is 0 Å². The predicted octanol–water partition coefficient (Wildman–Crippen LogP) is 6.15. The molecule has 0 aromatic carbocycles. The predicted molar refractivity (Wildman–Crippen MR) is 239 cm³/mol.